The molecule has 0 amide bonds. The molecule has 1 aromatic heterocycles. The fourth-order valence-corrected chi connectivity index (χ4v) is 3.78. The molecule has 1 heterocycles. The number of aromatic hydroxyl groups is 1. The Kier molecular flexibility index (Phi) is 3.59. The van der Waals surface area contributed by atoms with Crippen LogP contribution in [0.5, 0.6) is 5.75 Å². The Balaban J connectivity index is 2.15. The van der Waals surface area contributed by atoms with Crippen LogP contribution in [-0.2, 0) is 10.0 Å². The monoisotopic (exact) mass is 349 g/mol. The molecule has 0 saturated carbocycles. The number of carbonyl (C=O) groups is 1. The molecule has 118 valence electrons. The highest BCUT2D eigenvalue weighted by Crippen LogP contribution is 2.33. The summed E-state index contributed by atoms with van der Waals surface area (Å²) in [7, 11) is -4.04. The molecule has 23 heavy (non-hydrogen) atoms. The molecule has 0 atom stereocenters. The molecule has 2 aromatic carbocycles. The van der Waals surface area contributed by atoms with E-state index in [1.807, 2.05) is 0 Å². The lowest BCUT2D eigenvalue weighted by Gasteiger charge is -2.06. The number of benzene rings is 2. The Bertz CT molecular complexity index is 1040. The highest BCUT2D eigenvalue weighted by Gasteiger charge is 2.15. The molecule has 0 spiro atoms. The van der Waals surface area contributed by atoms with Crippen molar-refractivity contribution in [2.45, 2.75) is 4.90 Å². The number of phenols is 1. The largest absolute Gasteiger partial charge is 0.507 e. The van der Waals surface area contributed by atoms with E-state index >= 15 is 0 Å². The Morgan fingerprint density at radius 1 is 1.04 bits per heavy atom. The Labute approximate surface area is 135 Å². The highest BCUT2D eigenvalue weighted by atomic mass is 32.2. The summed E-state index contributed by atoms with van der Waals surface area (Å²) in [4.78, 5) is 10.9. The smallest absolute Gasteiger partial charge is 0.345 e. The summed E-state index contributed by atoms with van der Waals surface area (Å²) in [6.07, 6.45) is 0. The number of primary sulfonamides is 1. The summed E-state index contributed by atoms with van der Waals surface area (Å²) in [6.45, 7) is 0. The normalized spacial score (nSPS) is 11.7. The fourth-order valence-electron chi connectivity index (χ4n) is 2.25. The average Bonchev–Trinajstić information content (AvgIpc) is 2.89. The number of aromatic carboxylic acids is 1. The van der Waals surface area contributed by atoms with Gasteiger partial charge in [0.1, 0.15) is 15.5 Å². The summed E-state index contributed by atoms with van der Waals surface area (Å²) in [5.74, 6) is -1.41. The van der Waals surface area contributed by atoms with Gasteiger partial charge in [0.2, 0.25) is 10.0 Å². The minimum atomic E-state index is -4.04. The molecule has 4 N–H and O–H groups in total. The molecule has 6 nitrogen and oxygen atoms in total. The highest BCUT2D eigenvalue weighted by molar-refractivity contribution is 7.89. The maximum atomic E-state index is 11.5. The van der Waals surface area contributed by atoms with Crippen molar-refractivity contribution < 1.29 is 23.4 Å². The van der Waals surface area contributed by atoms with Gasteiger partial charge in [-0.15, -0.1) is 11.3 Å². The van der Waals surface area contributed by atoms with E-state index in [2.05, 4.69) is 0 Å². The maximum Gasteiger partial charge on any atom is 0.345 e. The van der Waals surface area contributed by atoms with E-state index in [0.29, 0.717) is 11.1 Å². The van der Waals surface area contributed by atoms with Crippen LogP contribution in [0.1, 0.15) is 9.67 Å². The van der Waals surface area contributed by atoms with Crippen LogP contribution in [0.25, 0.3) is 21.2 Å². The number of nitrogens with two attached hydrogens (primary N) is 1. The topological polar surface area (TPSA) is 118 Å². The van der Waals surface area contributed by atoms with Crippen molar-refractivity contribution in [1.29, 1.82) is 0 Å². The van der Waals surface area contributed by atoms with Crippen molar-refractivity contribution in [2.75, 3.05) is 0 Å². The van der Waals surface area contributed by atoms with Gasteiger partial charge in [0.15, 0.2) is 0 Å². The summed E-state index contributed by atoms with van der Waals surface area (Å²) in [5.41, 5.74) is 1.24. The van der Waals surface area contributed by atoms with Gasteiger partial charge in [-0.1, -0.05) is 12.1 Å². The quantitative estimate of drug-likeness (QED) is 0.672. The van der Waals surface area contributed by atoms with E-state index < -0.39 is 21.7 Å². The molecular formula is C15H11NO5S2. The summed E-state index contributed by atoms with van der Waals surface area (Å²) >= 11 is 1.16. The number of phenolic OH excluding ortho intramolecular Hbond substituents is 1. The number of rotatable bonds is 3. The lowest BCUT2D eigenvalue weighted by molar-refractivity contribution is 0.0702. The van der Waals surface area contributed by atoms with Gasteiger partial charge in [-0.25, -0.2) is 18.4 Å². The predicted molar refractivity (Wildman–Crippen MR) is 87.3 cm³/mol. The first-order chi connectivity index (χ1) is 10.8. The molecule has 8 heteroatoms. The molecule has 0 saturated heterocycles. The van der Waals surface area contributed by atoms with Crippen LogP contribution in [0.2, 0.25) is 0 Å². The first-order valence-electron chi connectivity index (χ1n) is 6.39. The third-order valence-electron chi connectivity index (χ3n) is 3.33. The number of thiophene rings is 1. The Morgan fingerprint density at radius 2 is 1.70 bits per heavy atom. The molecule has 0 unspecified atom stereocenters. The second-order valence-electron chi connectivity index (χ2n) is 4.90. The number of hydrogen-bond acceptors (Lipinski definition) is 5. The van der Waals surface area contributed by atoms with Gasteiger partial charge in [-0.05, 0) is 46.8 Å². The zero-order valence-electron chi connectivity index (χ0n) is 11.6. The number of fused-ring (bicyclic) bond motifs is 1. The van der Waals surface area contributed by atoms with Crippen LogP contribution >= 0.6 is 11.3 Å². The molecule has 0 aliphatic carbocycles. The number of carboxylic acids is 1. The molecule has 0 bridgehead atoms. The zero-order chi connectivity index (χ0) is 16.8. The second-order valence-corrected chi connectivity index (χ2v) is 7.51. The minimum absolute atomic E-state index is 0.230. The predicted octanol–water partition coefficient (Wildman–Crippen LogP) is 2.62. The minimum Gasteiger partial charge on any atom is -0.507 e. The molecule has 0 aliphatic heterocycles. The first-order valence-corrected chi connectivity index (χ1v) is 8.75. The van der Waals surface area contributed by atoms with Crippen LogP contribution in [-0.4, -0.2) is 24.6 Å². The van der Waals surface area contributed by atoms with Gasteiger partial charge < -0.3 is 10.2 Å². The van der Waals surface area contributed by atoms with Gasteiger partial charge in [0.05, 0.1) is 0 Å². The molecule has 0 fully saturated rings. The van der Waals surface area contributed by atoms with Gasteiger partial charge in [-0.3, -0.25) is 0 Å². The van der Waals surface area contributed by atoms with Crippen molar-refractivity contribution in [3.63, 3.8) is 0 Å². The third-order valence-corrected chi connectivity index (χ3v) is 5.37. The molecule has 3 aromatic rings. The van der Waals surface area contributed by atoms with Crippen molar-refractivity contribution in [1.82, 2.24) is 0 Å². The van der Waals surface area contributed by atoms with Crippen molar-refractivity contribution in [3.05, 3.63) is 47.3 Å². The van der Waals surface area contributed by atoms with E-state index in [4.69, 9.17) is 10.2 Å². The maximum absolute atomic E-state index is 11.5. The third kappa shape index (κ3) is 2.91. The number of sulfonamides is 1. The van der Waals surface area contributed by atoms with Crippen LogP contribution < -0.4 is 5.14 Å². The lowest BCUT2D eigenvalue weighted by atomic mass is 10.0. The molecular weight excluding hydrogens is 338 g/mol. The van der Waals surface area contributed by atoms with Crippen LogP contribution in [0.3, 0.4) is 0 Å². The fraction of sp³-hybridized carbons (Fsp3) is 0. The van der Waals surface area contributed by atoms with E-state index in [1.165, 1.54) is 12.1 Å². The van der Waals surface area contributed by atoms with Crippen LogP contribution in [0, 0.1) is 0 Å². The zero-order valence-corrected chi connectivity index (χ0v) is 13.2. The standard InChI is InChI=1S/C15H11NO5S2/c16-23(20,21)14-7-9(1-3-11(14)17)8-2-4-12-10(5-8)6-13(22-12)15(18)19/h1-7,17H,(H,18,19)(H2,16,20,21). The summed E-state index contributed by atoms with van der Waals surface area (Å²) in [5, 5.41) is 24.5. The molecule has 0 radical (unpaired) electrons. The summed E-state index contributed by atoms with van der Waals surface area (Å²) < 4.78 is 23.8. The van der Waals surface area contributed by atoms with Crippen LogP contribution in [0.4, 0.5) is 0 Å². The Morgan fingerprint density at radius 3 is 2.35 bits per heavy atom. The summed E-state index contributed by atoms with van der Waals surface area (Å²) in [6, 6.07) is 11.0. The van der Waals surface area contributed by atoms with Gasteiger partial charge in [0, 0.05) is 4.70 Å². The van der Waals surface area contributed by atoms with Gasteiger partial charge in [0.25, 0.3) is 0 Å². The lowest BCUT2D eigenvalue weighted by Crippen LogP contribution is -2.12. The first kappa shape index (κ1) is 15.5. The van der Waals surface area contributed by atoms with E-state index in [-0.39, 0.29) is 9.77 Å². The SMILES string of the molecule is NS(=O)(=O)c1cc(-c2ccc3sc(C(=O)O)cc3c2)ccc1O. The van der Waals surface area contributed by atoms with Crippen molar-refractivity contribution in [2.24, 2.45) is 5.14 Å². The van der Waals surface area contributed by atoms with Gasteiger partial charge in [-0.2, -0.15) is 0 Å². The average molecular weight is 349 g/mol. The molecule has 3 rings (SSSR count). The van der Waals surface area contributed by atoms with Crippen molar-refractivity contribution in [3.8, 4) is 16.9 Å². The van der Waals surface area contributed by atoms with Gasteiger partial charge >= 0.3 is 5.97 Å². The van der Waals surface area contributed by atoms with E-state index in [0.717, 1.165) is 21.4 Å². The van der Waals surface area contributed by atoms with Crippen LogP contribution in [0.15, 0.2) is 47.4 Å². The van der Waals surface area contributed by atoms with Crippen molar-refractivity contribution >= 4 is 37.4 Å². The number of hydrogen-bond donors (Lipinski definition) is 3. The Hall–Kier alpha value is -2.42. The van der Waals surface area contributed by atoms with E-state index in [1.54, 1.807) is 30.3 Å². The second kappa shape index (κ2) is 5.34. The molecule has 0 aliphatic rings. The van der Waals surface area contributed by atoms with E-state index in [9.17, 15) is 18.3 Å². The number of carboxylic acid groups (broad SMARTS) is 1.